The van der Waals surface area contributed by atoms with E-state index in [2.05, 4.69) is 20.8 Å². The van der Waals surface area contributed by atoms with Gasteiger partial charge in [0.25, 0.3) is 0 Å². The lowest BCUT2D eigenvalue weighted by Crippen LogP contribution is -2.13. The average molecular weight is 252 g/mol. The Bertz CT molecular complexity index is 405. The number of aryl methyl sites for hydroxylation is 1. The number of rotatable bonds is 4. The molecule has 0 bridgehead atoms. The number of benzene rings is 1. The van der Waals surface area contributed by atoms with Crippen LogP contribution < -0.4 is 4.74 Å². The van der Waals surface area contributed by atoms with Gasteiger partial charge in [-0.15, -0.1) is 11.8 Å². The molecule has 0 aliphatic heterocycles. The molecular weight excluding hydrogens is 232 g/mol. The Morgan fingerprint density at radius 1 is 1.35 bits per heavy atom. The third kappa shape index (κ3) is 4.43. The van der Waals surface area contributed by atoms with Gasteiger partial charge in [-0.3, -0.25) is 4.79 Å². The van der Waals surface area contributed by atoms with Crippen LogP contribution in [0, 0.1) is 6.92 Å². The molecule has 0 aliphatic carbocycles. The summed E-state index contributed by atoms with van der Waals surface area (Å²) in [6.07, 6.45) is 0. The minimum absolute atomic E-state index is 0.104. The maximum Gasteiger partial charge on any atom is 0.176 e. The fourth-order valence-electron chi connectivity index (χ4n) is 1.40. The van der Waals surface area contributed by atoms with Crippen LogP contribution in [-0.4, -0.2) is 23.4 Å². The maximum atomic E-state index is 12.1. The molecule has 0 unspecified atom stereocenters. The van der Waals surface area contributed by atoms with E-state index in [9.17, 15) is 4.79 Å². The van der Waals surface area contributed by atoms with Crippen LogP contribution in [0.15, 0.2) is 18.2 Å². The van der Waals surface area contributed by atoms with Crippen LogP contribution in [0.3, 0.4) is 0 Å². The number of ether oxygens (including phenoxy) is 1. The van der Waals surface area contributed by atoms with Gasteiger partial charge in [0.1, 0.15) is 5.75 Å². The molecule has 1 aromatic rings. The summed E-state index contributed by atoms with van der Waals surface area (Å²) in [4.78, 5) is 12.1. The molecule has 94 valence electrons. The Morgan fingerprint density at radius 2 is 2.00 bits per heavy atom. The third-order valence-corrected chi connectivity index (χ3v) is 3.56. The molecule has 0 spiro atoms. The molecule has 0 atom stereocenters. The normalized spacial score (nSPS) is 11.4. The van der Waals surface area contributed by atoms with Gasteiger partial charge >= 0.3 is 0 Å². The van der Waals surface area contributed by atoms with Crippen molar-refractivity contribution in [3.63, 3.8) is 0 Å². The topological polar surface area (TPSA) is 26.3 Å². The van der Waals surface area contributed by atoms with Gasteiger partial charge in [0.2, 0.25) is 0 Å². The molecule has 17 heavy (non-hydrogen) atoms. The van der Waals surface area contributed by atoms with Crippen LogP contribution in [0.25, 0.3) is 0 Å². The molecule has 0 saturated carbocycles. The fraction of sp³-hybridized carbons (Fsp3) is 0.500. The second-order valence-corrected chi connectivity index (χ2v) is 6.83. The first-order chi connectivity index (χ1) is 7.83. The highest BCUT2D eigenvalue weighted by atomic mass is 32.2. The molecule has 0 saturated heterocycles. The molecule has 1 rings (SSSR count). The predicted molar refractivity (Wildman–Crippen MR) is 74.3 cm³/mol. The Kier molecular flexibility index (Phi) is 4.63. The van der Waals surface area contributed by atoms with Crippen molar-refractivity contribution in [3.05, 3.63) is 29.3 Å². The predicted octanol–water partition coefficient (Wildman–Crippen LogP) is 3.72. The van der Waals surface area contributed by atoms with Crippen molar-refractivity contribution in [1.82, 2.24) is 0 Å². The highest BCUT2D eigenvalue weighted by Crippen LogP contribution is 2.26. The molecule has 0 aromatic heterocycles. The number of methoxy groups -OCH3 is 1. The first-order valence-corrected chi connectivity index (χ1v) is 6.64. The smallest absolute Gasteiger partial charge is 0.176 e. The zero-order valence-electron chi connectivity index (χ0n) is 11.2. The third-order valence-electron chi connectivity index (χ3n) is 2.29. The van der Waals surface area contributed by atoms with Gasteiger partial charge in [0, 0.05) is 4.75 Å². The summed E-state index contributed by atoms with van der Waals surface area (Å²) in [5.41, 5.74) is 1.76. The van der Waals surface area contributed by atoms with Crippen molar-refractivity contribution in [2.45, 2.75) is 32.4 Å². The van der Waals surface area contributed by atoms with Crippen LogP contribution in [0.4, 0.5) is 0 Å². The Labute approximate surface area is 108 Å². The van der Waals surface area contributed by atoms with E-state index in [4.69, 9.17) is 4.74 Å². The van der Waals surface area contributed by atoms with E-state index >= 15 is 0 Å². The second-order valence-electron chi connectivity index (χ2n) is 5.03. The molecule has 0 fully saturated rings. The number of carbonyl (C=O) groups excluding carboxylic acids is 1. The quantitative estimate of drug-likeness (QED) is 0.764. The van der Waals surface area contributed by atoms with Crippen LogP contribution in [-0.2, 0) is 0 Å². The van der Waals surface area contributed by atoms with Gasteiger partial charge in [-0.1, -0.05) is 32.4 Å². The Morgan fingerprint density at radius 3 is 2.53 bits per heavy atom. The lowest BCUT2D eigenvalue weighted by molar-refractivity contribution is 0.101. The summed E-state index contributed by atoms with van der Waals surface area (Å²) in [6, 6.07) is 5.70. The molecule has 0 aliphatic rings. The summed E-state index contributed by atoms with van der Waals surface area (Å²) in [5.74, 6) is 1.28. The van der Waals surface area contributed by atoms with Crippen molar-refractivity contribution >= 4 is 17.5 Å². The van der Waals surface area contributed by atoms with E-state index in [1.54, 1.807) is 18.9 Å². The molecule has 3 heteroatoms. The molecular formula is C14H20O2S. The Balaban J connectivity index is 2.84. The summed E-state index contributed by atoms with van der Waals surface area (Å²) in [7, 11) is 1.60. The maximum absolute atomic E-state index is 12.1. The van der Waals surface area contributed by atoms with Gasteiger partial charge in [0.15, 0.2) is 5.78 Å². The van der Waals surface area contributed by atoms with E-state index in [0.717, 1.165) is 5.56 Å². The monoisotopic (exact) mass is 252 g/mol. The molecule has 0 amide bonds. The number of ketones is 1. The van der Waals surface area contributed by atoms with Crippen molar-refractivity contribution < 1.29 is 9.53 Å². The van der Waals surface area contributed by atoms with Crippen molar-refractivity contribution in [2.24, 2.45) is 0 Å². The zero-order chi connectivity index (χ0) is 13.1. The Hall–Kier alpha value is -0.960. The van der Waals surface area contributed by atoms with Crippen LogP contribution >= 0.6 is 11.8 Å². The first-order valence-electron chi connectivity index (χ1n) is 5.65. The second kappa shape index (κ2) is 5.58. The minimum atomic E-state index is 0.104. The SMILES string of the molecule is COc1ccc(C)cc1C(=O)CSC(C)(C)C. The summed E-state index contributed by atoms with van der Waals surface area (Å²) in [6.45, 7) is 8.31. The molecule has 1 aromatic carbocycles. The van der Waals surface area contributed by atoms with Crippen LogP contribution in [0.1, 0.15) is 36.7 Å². The molecule has 0 heterocycles. The van der Waals surface area contributed by atoms with E-state index in [1.165, 1.54) is 0 Å². The van der Waals surface area contributed by atoms with E-state index in [-0.39, 0.29) is 10.5 Å². The lowest BCUT2D eigenvalue weighted by atomic mass is 10.1. The van der Waals surface area contributed by atoms with E-state index in [0.29, 0.717) is 17.1 Å². The number of thioether (sulfide) groups is 1. The van der Waals surface area contributed by atoms with Crippen molar-refractivity contribution in [2.75, 3.05) is 12.9 Å². The van der Waals surface area contributed by atoms with Crippen molar-refractivity contribution in [3.8, 4) is 5.75 Å². The summed E-state index contributed by atoms with van der Waals surface area (Å²) >= 11 is 1.66. The van der Waals surface area contributed by atoms with Crippen LogP contribution in [0.5, 0.6) is 5.75 Å². The van der Waals surface area contributed by atoms with Gasteiger partial charge < -0.3 is 4.74 Å². The number of Topliss-reactive ketones (excluding diaryl/α,β-unsaturated/α-hetero) is 1. The standard InChI is InChI=1S/C14H20O2S/c1-10-6-7-13(16-5)11(8-10)12(15)9-17-14(2,3)4/h6-8H,9H2,1-5H3. The zero-order valence-corrected chi connectivity index (χ0v) is 12.0. The summed E-state index contributed by atoms with van der Waals surface area (Å²) in [5, 5.41) is 0. The van der Waals surface area contributed by atoms with Crippen molar-refractivity contribution in [1.29, 1.82) is 0 Å². The van der Waals surface area contributed by atoms with Gasteiger partial charge in [-0.25, -0.2) is 0 Å². The van der Waals surface area contributed by atoms with E-state index < -0.39 is 0 Å². The van der Waals surface area contributed by atoms with E-state index in [1.807, 2.05) is 25.1 Å². The van der Waals surface area contributed by atoms with Gasteiger partial charge in [-0.05, 0) is 19.1 Å². The molecule has 0 radical (unpaired) electrons. The summed E-state index contributed by atoms with van der Waals surface area (Å²) < 4.78 is 5.33. The minimum Gasteiger partial charge on any atom is -0.496 e. The number of hydrogen-bond acceptors (Lipinski definition) is 3. The highest BCUT2D eigenvalue weighted by molar-refractivity contribution is 8.01. The van der Waals surface area contributed by atoms with Gasteiger partial charge in [0.05, 0.1) is 18.4 Å². The fourth-order valence-corrected chi connectivity index (χ4v) is 2.12. The average Bonchev–Trinajstić information content (AvgIpc) is 2.25. The lowest BCUT2D eigenvalue weighted by Gasteiger charge is -2.17. The largest absolute Gasteiger partial charge is 0.496 e. The van der Waals surface area contributed by atoms with Gasteiger partial charge in [-0.2, -0.15) is 0 Å². The molecule has 2 nitrogen and oxygen atoms in total. The van der Waals surface area contributed by atoms with Crippen LogP contribution in [0.2, 0.25) is 0 Å². The highest BCUT2D eigenvalue weighted by Gasteiger charge is 2.17. The number of carbonyl (C=O) groups is 1. The first kappa shape index (κ1) is 14.1. The number of hydrogen-bond donors (Lipinski definition) is 0. The molecule has 0 N–H and O–H groups in total.